The minimum Gasteiger partial charge on any atom is -0.371 e. The van der Waals surface area contributed by atoms with E-state index in [-0.39, 0.29) is 11.8 Å². The molecular formula is C15H22N2O. The summed E-state index contributed by atoms with van der Waals surface area (Å²) in [7, 11) is 0. The molecule has 1 heterocycles. The van der Waals surface area contributed by atoms with E-state index in [0.29, 0.717) is 0 Å². The summed E-state index contributed by atoms with van der Waals surface area (Å²) in [5, 5.41) is 0. The van der Waals surface area contributed by atoms with Gasteiger partial charge in [-0.25, -0.2) is 0 Å². The van der Waals surface area contributed by atoms with E-state index in [2.05, 4.69) is 37.8 Å². The van der Waals surface area contributed by atoms with Crippen LogP contribution in [0.15, 0.2) is 12.1 Å². The summed E-state index contributed by atoms with van der Waals surface area (Å²) in [6, 6.07) is 4.45. The number of piperidine rings is 1. The molecule has 0 saturated carbocycles. The highest BCUT2D eigenvalue weighted by molar-refractivity contribution is 5.77. The maximum atomic E-state index is 11.2. The molecule has 1 aromatic carbocycles. The summed E-state index contributed by atoms with van der Waals surface area (Å²) in [5.74, 6) is -0.0840. The molecular weight excluding hydrogens is 224 g/mol. The molecule has 0 unspecified atom stereocenters. The van der Waals surface area contributed by atoms with Gasteiger partial charge in [0.25, 0.3) is 0 Å². The number of nitrogens with zero attached hydrogens (tertiary/aromatic N) is 1. The van der Waals surface area contributed by atoms with Gasteiger partial charge in [0, 0.05) is 24.7 Å². The van der Waals surface area contributed by atoms with Crippen molar-refractivity contribution in [2.24, 2.45) is 11.7 Å². The number of aryl methyl sites for hydroxylation is 3. The quantitative estimate of drug-likeness (QED) is 0.870. The van der Waals surface area contributed by atoms with Crippen molar-refractivity contribution in [3.63, 3.8) is 0 Å². The van der Waals surface area contributed by atoms with Crippen LogP contribution in [0.5, 0.6) is 0 Å². The molecule has 1 saturated heterocycles. The first kappa shape index (κ1) is 12.9. The van der Waals surface area contributed by atoms with Gasteiger partial charge < -0.3 is 10.6 Å². The zero-order chi connectivity index (χ0) is 13.3. The Kier molecular flexibility index (Phi) is 3.60. The Labute approximate surface area is 109 Å². The first-order valence-corrected chi connectivity index (χ1v) is 6.61. The molecule has 1 aromatic rings. The van der Waals surface area contributed by atoms with Gasteiger partial charge in [-0.1, -0.05) is 17.7 Å². The number of hydrogen-bond donors (Lipinski definition) is 1. The van der Waals surface area contributed by atoms with Crippen LogP contribution in [0.1, 0.15) is 29.5 Å². The molecule has 98 valence electrons. The van der Waals surface area contributed by atoms with Crippen LogP contribution < -0.4 is 10.6 Å². The lowest BCUT2D eigenvalue weighted by Crippen LogP contribution is -2.39. The predicted molar refractivity (Wildman–Crippen MR) is 74.8 cm³/mol. The number of carbonyl (C=O) groups is 1. The number of primary amides is 1. The molecule has 1 aliphatic rings. The Hall–Kier alpha value is -1.51. The second kappa shape index (κ2) is 5.01. The van der Waals surface area contributed by atoms with Crippen LogP contribution in [0.25, 0.3) is 0 Å². The van der Waals surface area contributed by atoms with Crippen LogP contribution in [0, 0.1) is 26.7 Å². The standard InChI is InChI=1S/C15H22N2O/c1-10-8-11(2)14(12(3)9-10)17-6-4-13(5-7-17)15(16)18/h8-9,13H,4-7H2,1-3H3,(H2,16,18). The minimum atomic E-state index is -0.146. The van der Waals surface area contributed by atoms with Crippen LogP contribution in [0.4, 0.5) is 5.69 Å². The molecule has 3 heteroatoms. The largest absolute Gasteiger partial charge is 0.371 e. The van der Waals surface area contributed by atoms with Gasteiger partial charge in [0.15, 0.2) is 0 Å². The number of carbonyl (C=O) groups excluding carboxylic acids is 1. The van der Waals surface area contributed by atoms with E-state index in [1.165, 1.54) is 22.4 Å². The zero-order valence-electron chi connectivity index (χ0n) is 11.5. The Morgan fingerprint density at radius 2 is 1.67 bits per heavy atom. The molecule has 2 rings (SSSR count). The topological polar surface area (TPSA) is 46.3 Å². The predicted octanol–water partition coefficient (Wildman–Crippen LogP) is 2.31. The second-order valence-electron chi connectivity index (χ2n) is 5.41. The zero-order valence-corrected chi connectivity index (χ0v) is 11.5. The van der Waals surface area contributed by atoms with Crippen molar-refractivity contribution >= 4 is 11.6 Å². The average molecular weight is 246 g/mol. The molecule has 0 aliphatic carbocycles. The first-order valence-electron chi connectivity index (χ1n) is 6.61. The van der Waals surface area contributed by atoms with Gasteiger partial charge in [0.1, 0.15) is 0 Å². The number of amides is 1. The van der Waals surface area contributed by atoms with E-state index in [9.17, 15) is 4.79 Å². The van der Waals surface area contributed by atoms with Crippen LogP contribution in [0.2, 0.25) is 0 Å². The Balaban J connectivity index is 2.17. The van der Waals surface area contributed by atoms with Crippen LogP contribution in [-0.2, 0) is 4.79 Å². The summed E-state index contributed by atoms with van der Waals surface area (Å²) in [4.78, 5) is 13.6. The third-order valence-corrected chi connectivity index (χ3v) is 3.85. The van der Waals surface area contributed by atoms with Crippen molar-refractivity contribution in [3.8, 4) is 0 Å². The molecule has 0 aromatic heterocycles. The fourth-order valence-electron chi connectivity index (χ4n) is 3.06. The third-order valence-electron chi connectivity index (χ3n) is 3.85. The molecule has 0 radical (unpaired) electrons. The van der Waals surface area contributed by atoms with Gasteiger partial charge in [0.05, 0.1) is 0 Å². The third kappa shape index (κ3) is 2.50. The molecule has 1 fully saturated rings. The SMILES string of the molecule is Cc1cc(C)c(N2CCC(C(N)=O)CC2)c(C)c1. The molecule has 1 aliphatic heterocycles. The number of nitrogens with two attached hydrogens (primary N) is 1. The molecule has 3 nitrogen and oxygen atoms in total. The fraction of sp³-hybridized carbons (Fsp3) is 0.533. The molecule has 1 amide bonds. The Morgan fingerprint density at radius 1 is 1.17 bits per heavy atom. The maximum absolute atomic E-state index is 11.2. The fourth-order valence-corrected chi connectivity index (χ4v) is 3.06. The molecule has 18 heavy (non-hydrogen) atoms. The lowest BCUT2D eigenvalue weighted by Gasteiger charge is -2.34. The summed E-state index contributed by atoms with van der Waals surface area (Å²) >= 11 is 0. The normalized spacial score (nSPS) is 16.9. The van der Waals surface area contributed by atoms with Crippen LogP contribution in [-0.4, -0.2) is 19.0 Å². The molecule has 0 spiro atoms. The van der Waals surface area contributed by atoms with E-state index < -0.39 is 0 Å². The summed E-state index contributed by atoms with van der Waals surface area (Å²) < 4.78 is 0. The van der Waals surface area contributed by atoms with E-state index in [0.717, 1.165) is 25.9 Å². The van der Waals surface area contributed by atoms with Crippen molar-refractivity contribution in [2.75, 3.05) is 18.0 Å². The lowest BCUT2D eigenvalue weighted by atomic mass is 9.94. The van der Waals surface area contributed by atoms with E-state index in [1.54, 1.807) is 0 Å². The van der Waals surface area contributed by atoms with Gasteiger partial charge in [-0.3, -0.25) is 4.79 Å². The monoisotopic (exact) mass is 246 g/mol. The van der Waals surface area contributed by atoms with Gasteiger partial charge in [-0.2, -0.15) is 0 Å². The summed E-state index contributed by atoms with van der Waals surface area (Å²) in [6.07, 6.45) is 1.75. The minimum absolute atomic E-state index is 0.0623. The van der Waals surface area contributed by atoms with E-state index in [4.69, 9.17) is 5.73 Å². The number of anilines is 1. The van der Waals surface area contributed by atoms with Gasteiger partial charge in [-0.05, 0) is 44.7 Å². The smallest absolute Gasteiger partial charge is 0.220 e. The van der Waals surface area contributed by atoms with Gasteiger partial charge in [0.2, 0.25) is 5.91 Å². The Morgan fingerprint density at radius 3 is 2.11 bits per heavy atom. The molecule has 0 atom stereocenters. The maximum Gasteiger partial charge on any atom is 0.220 e. The number of benzene rings is 1. The van der Waals surface area contributed by atoms with E-state index in [1.807, 2.05) is 0 Å². The van der Waals surface area contributed by atoms with Crippen molar-refractivity contribution < 1.29 is 4.79 Å². The highest BCUT2D eigenvalue weighted by Gasteiger charge is 2.24. The number of hydrogen-bond acceptors (Lipinski definition) is 2. The Bertz CT molecular complexity index is 437. The van der Waals surface area contributed by atoms with Crippen LogP contribution in [0.3, 0.4) is 0 Å². The lowest BCUT2D eigenvalue weighted by molar-refractivity contribution is -0.122. The van der Waals surface area contributed by atoms with Crippen molar-refractivity contribution in [3.05, 3.63) is 28.8 Å². The van der Waals surface area contributed by atoms with Crippen LogP contribution >= 0.6 is 0 Å². The molecule has 0 bridgehead atoms. The number of rotatable bonds is 2. The average Bonchev–Trinajstić information content (AvgIpc) is 2.28. The van der Waals surface area contributed by atoms with Crippen molar-refractivity contribution in [1.82, 2.24) is 0 Å². The van der Waals surface area contributed by atoms with Crippen molar-refractivity contribution in [2.45, 2.75) is 33.6 Å². The highest BCUT2D eigenvalue weighted by Crippen LogP contribution is 2.30. The van der Waals surface area contributed by atoms with Crippen molar-refractivity contribution in [1.29, 1.82) is 0 Å². The van der Waals surface area contributed by atoms with Gasteiger partial charge >= 0.3 is 0 Å². The van der Waals surface area contributed by atoms with E-state index >= 15 is 0 Å². The second-order valence-corrected chi connectivity index (χ2v) is 5.41. The highest BCUT2D eigenvalue weighted by atomic mass is 16.1. The first-order chi connectivity index (χ1) is 8.49. The van der Waals surface area contributed by atoms with Gasteiger partial charge in [-0.15, -0.1) is 0 Å². The molecule has 2 N–H and O–H groups in total. The summed E-state index contributed by atoms with van der Waals surface area (Å²) in [5.41, 5.74) is 10.7. The summed E-state index contributed by atoms with van der Waals surface area (Å²) in [6.45, 7) is 8.31.